The molecule has 0 aliphatic carbocycles. The largest absolute Gasteiger partial charge is 0.463 e. The Hall–Kier alpha value is -12.6. The van der Waals surface area contributed by atoms with E-state index in [1.807, 2.05) is 27.7 Å². The Kier molecular flexibility index (Phi) is 63.8. The summed E-state index contributed by atoms with van der Waals surface area (Å²) in [6.45, 7) is 20.6. The lowest BCUT2D eigenvalue weighted by molar-refractivity contribution is -0.216. The van der Waals surface area contributed by atoms with Crippen molar-refractivity contribution in [2.75, 3.05) is 157 Å². The molecular formula is C98H125F5N6O38S3. The third-order valence-corrected chi connectivity index (χ3v) is 24.3. The van der Waals surface area contributed by atoms with Crippen LogP contribution in [0, 0.1) is 29.1 Å². The summed E-state index contributed by atoms with van der Waals surface area (Å²) in [5, 5.41) is 39.9. The van der Waals surface area contributed by atoms with Crippen LogP contribution in [0.4, 0.5) is 22.0 Å². The molecule has 0 spiro atoms. The van der Waals surface area contributed by atoms with E-state index in [0.717, 1.165) is 24.0 Å². The van der Waals surface area contributed by atoms with Crippen LogP contribution in [0.25, 0.3) is 18.2 Å². The topological polar surface area (TPSA) is 612 Å². The Morgan fingerprint density at radius 1 is 0.427 bits per heavy atom. The molecule has 828 valence electrons. The van der Waals surface area contributed by atoms with Gasteiger partial charge in [0.2, 0.25) is 26.0 Å². The molecule has 2 heterocycles. The Morgan fingerprint density at radius 3 is 1.11 bits per heavy atom. The first-order valence-corrected chi connectivity index (χ1v) is 51.1. The lowest BCUT2D eigenvalue weighted by Crippen LogP contribution is -2.47. The molecule has 44 nitrogen and oxygen atoms in total. The zero-order chi connectivity index (χ0) is 112. The number of sulfonamides is 2. The van der Waals surface area contributed by atoms with Crippen LogP contribution in [-0.2, 0) is 149 Å². The van der Waals surface area contributed by atoms with Gasteiger partial charge in [0.25, 0.3) is 23.6 Å². The molecule has 2 aliphatic rings. The molecule has 2 aliphatic heterocycles. The van der Waals surface area contributed by atoms with Crippen LogP contribution in [0.2, 0.25) is 0 Å². The number of ether oxygens (including phenoxy) is 13. The first-order valence-electron chi connectivity index (χ1n) is 46.5. The number of esters is 1. The van der Waals surface area contributed by atoms with Crippen molar-refractivity contribution in [3.05, 3.63) is 178 Å². The van der Waals surface area contributed by atoms with Gasteiger partial charge < -0.3 is 103 Å². The number of halogens is 5. The van der Waals surface area contributed by atoms with Gasteiger partial charge in [-0.05, 0) is 199 Å². The van der Waals surface area contributed by atoms with Crippen molar-refractivity contribution in [2.24, 2.45) is 5.73 Å². The van der Waals surface area contributed by atoms with E-state index < -0.39 is 142 Å². The highest BCUT2D eigenvalue weighted by atomic mass is 32.2. The first kappa shape index (κ1) is 132. The fourth-order valence-corrected chi connectivity index (χ4v) is 15.0. The van der Waals surface area contributed by atoms with Gasteiger partial charge in [0, 0.05) is 77.1 Å². The molecule has 6 aromatic carbocycles. The summed E-state index contributed by atoms with van der Waals surface area (Å²) in [5.41, 5.74) is 8.84. The highest BCUT2D eigenvalue weighted by Crippen LogP contribution is 2.34. The molecular weight excluding hydrogens is 2060 g/mol. The van der Waals surface area contributed by atoms with Crippen molar-refractivity contribution in [1.82, 2.24) is 24.9 Å². The number of Topliss-reactive ketones (excluding diaryl/α,β-unsaturated/α-hetero) is 1. The summed E-state index contributed by atoms with van der Waals surface area (Å²) in [6, 6.07) is 25.1. The maximum absolute atomic E-state index is 14.6. The highest BCUT2D eigenvalue weighted by Gasteiger charge is 2.42. The molecule has 0 aromatic heterocycles. The SMILES string of the molecule is CC/C(C)=C/c1cc(F)c(Oc2ccc(S(=O)(=O)NCCOCCOCCOCCN)cc2)c(F)c1.CC/C(C)=C/c1cc(F)c(Oc2ccc(S(=O)(=O)NCCOCCOCCOCCNC(=O)[C@@H](C)O)cc2)c(F)c1.CCOC(=O)/C(C)=C/c1ccc(Oc2ccc(S(=O)(=O)CCCOCCOCCOCCCC(=O)[C@@H](C)O)cc2)c(F)c1.O=C(ON1C(=O)CCC1=O)[C@H](O)[C@@H](O)C(=O)ON1C(=O)CCC1=O.O=C=O.O=C=O. The monoisotopic (exact) mass is 2180 g/mol. The van der Waals surface area contributed by atoms with Crippen molar-refractivity contribution in [3.8, 4) is 34.5 Å². The number of ketones is 1. The van der Waals surface area contributed by atoms with E-state index >= 15 is 0 Å². The lowest BCUT2D eigenvalue weighted by Gasteiger charge is -2.19. The van der Waals surface area contributed by atoms with Gasteiger partial charge in [0.05, 0.1) is 133 Å². The van der Waals surface area contributed by atoms with Crippen molar-refractivity contribution < 1.29 is 201 Å². The number of amides is 5. The van der Waals surface area contributed by atoms with Crippen LogP contribution in [0.5, 0.6) is 34.5 Å². The molecule has 150 heavy (non-hydrogen) atoms. The summed E-state index contributed by atoms with van der Waals surface area (Å²) in [7, 11) is -11.2. The minimum Gasteiger partial charge on any atom is -0.463 e. The van der Waals surface area contributed by atoms with Gasteiger partial charge in [-0.1, -0.05) is 43.2 Å². The van der Waals surface area contributed by atoms with Crippen LogP contribution < -0.4 is 34.7 Å². The molecule has 52 heteroatoms. The van der Waals surface area contributed by atoms with E-state index in [9.17, 15) is 101 Å². The van der Waals surface area contributed by atoms with Gasteiger partial charge in [0.1, 0.15) is 29.5 Å². The zero-order valence-electron chi connectivity index (χ0n) is 83.6. The quantitative estimate of drug-likeness (QED) is 0.00601. The molecule has 6 aromatic rings. The average Bonchev–Trinajstić information content (AvgIpc) is 1.21. The van der Waals surface area contributed by atoms with Crippen molar-refractivity contribution in [1.29, 1.82) is 0 Å². The molecule has 4 atom stereocenters. The second-order valence-corrected chi connectivity index (χ2v) is 36.9. The maximum Gasteiger partial charge on any atom is 0.373 e. The molecule has 9 N–H and O–H groups in total. The van der Waals surface area contributed by atoms with Crippen LogP contribution in [0.1, 0.15) is 130 Å². The number of hydrogen-bond acceptors (Lipinski definition) is 39. The van der Waals surface area contributed by atoms with Gasteiger partial charge >= 0.3 is 30.2 Å². The molecule has 2 saturated heterocycles. The van der Waals surface area contributed by atoms with Crippen LogP contribution in [0.3, 0.4) is 0 Å². The number of nitrogens with two attached hydrogens (primary N) is 1. The van der Waals surface area contributed by atoms with Crippen molar-refractivity contribution in [2.45, 2.75) is 152 Å². The standard InChI is InChI=1S/C31H41FO10S.C28H38F2N2O8S.C25H34F2N2O6S.C12H12N2O10.2CO2/c1-4-41-31(35)23(2)21-25-8-13-30(28(32)22-25)42-26-9-11-27(12-10-26)43(36,37)20-6-15-39-17-19-40-18-16-38-14-5-7-29(34)24(3)33;1-4-20(2)17-22-18-25(29)27(26(30)19-22)40-23-5-7-24(8-6-23)41(35,36)32-10-12-38-14-16-39-15-13-37-11-9-31-28(34)21(3)33;1-3-19(2)16-20-17-23(26)25(24(27)18-20)35-21-4-6-22(7-5-21)36(30,31)29-9-11-33-13-15-34-14-12-32-10-8-28;15-5-1-2-6(16)13(5)23-11(21)9(19)10(20)12(22)24-14-7(17)3-4-8(14)18;2*2-1-3/h8-13,21-22,24,33H,4-7,14-20H2,1-3H3;5-8,17-19,21,32-33H,4,9-16H2,1-3H3,(H,31,34);4-7,16-18,29H,3,8-15,28H2,1-2H3;9-10,19-20H,1-4H2;;/b23-21+;20-17+;19-16+;;;/t24-;21-;;9-,10-;;/m11.1../s1. The number of carbonyl (C=O) groups excluding carboxylic acids is 13. The molecule has 5 amide bonds. The van der Waals surface area contributed by atoms with E-state index in [1.54, 1.807) is 32.1 Å². The number of hydrogen-bond donors (Lipinski definition) is 8. The predicted molar refractivity (Wildman–Crippen MR) is 517 cm³/mol. The number of benzene rings is 6. The number of aliphatic hydroxyl groups is 4. The lowest BCUT2D eigenvalue weighted by atomic mass is 10.1. The third kappa shape index (κ3) is 51.7. The van der Waals surface area contributed by atoms with Crippen molar-refractivity contribution in [3.63, 3.8) is 0 Å². The van der Waals surface area contributed by atoms with E-state index in [1.165, 1.54) is 129 Å². The van der Waals surface area contributed by atoms with E-state index in [-0.39, 0.29) is 170 Å². The van der Waals surface area contributed by atoms with Gasteiger partial charge in [0.15, 0.2) is 74.2 Å². The molecule has 0 saturated carbocycles. The van der Waals surface area contributed by atoms with Crippen LogP contribution >= 0.6 is 0 Å². The van der Waals surface area contributed by atoms with Gasteiger partial charge in [-0.2, -0.15) is 19.2 Å². The highest BCUT2D eigenvalue weighted by molar-refractivity contribution is 7.91. The Labute approximate surface area is 863 Å². The fourth-order valence-electron chi connectivity index (χ4n) is 11.6. The summed E-state index contributed by atoms with van der Waals surface area (Å²) < 4.78 is 221. The maximum atomic E-state index is 14.6. The number of rotatable bonds is 62. The number of nitrogens with zero attached hydrogens (tertiary/aromatic N) is 2. The zero-order valence-corrected chi connectivity index (χ0v) is 86.1. The van der Waals surface area contributed by atoms with E-state index in [4.69, 9.17) is 96.7 Å². The van der Waals surface area contributed by atoms with Gasteiger partial charge in [-0.15, -0.1) is 10.1 Å². The Morgan fingerprint density at radius 2 is 0.760 bits per heavy atom. The van der Waals surface area contributed by atoms with Crippen LogP contribution in [-0.4, -0.2) is 303 Å². The third-order valence-electron chi connectivity index (χ3n) is 19.6. The summed E-state index contributed by atoms with van der Waals surface area (Å²) in [6.07, 6.45) is 0.262. The number of allylic oxidation sites excluding steroid dienone is 2. The van der Waals surface area contributed by atoms with E-state index in [0.29, 0.717) is 121 Å². The number of carbonyl (C=O) groups is 9. The number of nitrogens with one attached hydrogen (secondary N) is 3. The second kappa shape index (κ2) is 72.7. The minimum absolute atomic E-state index is 0.0212. The van der Waals surface area contributed by atoms with E-state index in [2.05, 4.69) is 24.4 Å². The number of aliphatic hydroxyl groups excluding tert-OH is 4. The summed E-state index contributed by atoms with van der Waals surface area (Å²) >= 11 is 0. The van der Waals surface area contributed by atoms with Crippen LogP contribution in [0.15, 0.2) is 147 Å². The van der Waals surface area contributed by atoms with Gasteiger partial charge in [-0.3, -0.25) is 28.8 Å². The number of imide groups is 2. The molecule has 8 rings (SSSR count). The molecule has 2 fully saturated rings. The number of hydroxylamine groups is 4. The smallest absolute Gasteiger partial charge is 0.373 e. The first-order chi connectivity index (χ1) is 71.4. The van der Waals surface area contributed by atoms with Gasteiger partial charge in [-0.25, -0.2) is 71.0 Å². The second-order valence-electron chi connectivity index (χ2n) is 31.3. The number of sulfone groups is 1. The molecule has 0 radical (unpaired) electrons. The van der Waals surface area contributed by atoms with Crippen molar-refractivity contribution >= 4 is 114 Å². The fraction of sp³-hybridized carbons (Fsp3) is 0.459. The average molecular weight is 2190 g/mol. The normalized spacial score (nSPS) is 13.4. The minimum atomic E-state index is -3.84. The molecule has 0 bridgehead atoms. The Balaban J connectivity index is 0.000000512. The Bertz CT molecular complexity index is 5650. The molecule has 0 unspecified atom stereocenters. The summed E-state index contributed by atoms with van der Waals surface area (Å²) in [5.74, 6) is -12.7. The summed E-state index contributed by atoms with van der Waals surface area (Å²) in [4.78, 5) is 144. The predicted octanol–water partition coefficient (Wildman–Crippen LogP) is 7.54.